The molecule has 0 amide bonds. The molecule has 0 aromatic carbocycles. The highest BCUT2D eigenvalue weighted by atomic mass is 15.2. The highest BCUT2D eigenvalue weighted by Gasteiger charge is 2.21. The Labute approximate surface area is 106 Å². The van der Waals surface area contributed by atoms with Gasteiger partial charge >= 0.3 is 0 Å². The van der Waals surface area contributed by atoms with E-state index in [0.717, 1.165) is 38.5 Å². The van der Waals surface area contributed by atoms with Crippen molar-refractivity contribution in [1.29, 1.82) is 5.26 Å². The van der Waals surface area contributed by atoms with Crippen LogP contribution in [0.1, 0.15) is 52.4 Å². The number of rotatable bonds is 8. The molecule has 0 aromatic rings. The van der Waals surface area contributed by atoms with Crippen molar-refractivity contribution in [2.45, 2.75) is 64.5 Å². The zero-order valence-electron chi connectivity index (χ0n) is 11.4. The first-order valence-corrected chi connectivity index (χ1v) is 7.18. The lowest BCUT2D eigenvalue weighted by molar-refractivity contribution is 0.202. The Morgan fingerprint density at radius 2 is 2.06 bits per heavy atom. The molecule has 1 N–H and O–H groups in total. The summed E-state index contributed by atoms with van der Waals surface area (Å²) in [5, 5.41) is 12.4. The Morgan fingerprint density at radius 1 is 1.35 bits per heavy atom. The van der Waals surface area contributed by atoms with Crippen molar-refractivity contribution in [2.75, 3.05) is 19.6 Å². The van der Waals surface area contributed by atoms with E-state index < -0.39 is 0 Å². The van der Waals surface area contributed by atoms with Crippen molar-refractivity contribution < 1.29 is 0 Å². The Morgan fingerprint density at radius 3 is 2.59 bits per heavy atom. The minimum Gasteiger partial charge on any atom is -0.302 e. The third-order valence-electron chi connectivity index (χ3n) is 3.75. The quantitative estimate of drug-likeness (QED) is 0.705. The van der Waals surface area contributed by atoms with Gasteiger partial charge in [0.05, 0.1) is 12.1 Å². The number of nitrogens with one attached hydrogen (secondary N) is 1. The first kappa shape index (κ1) is 14.5. The minimum absolute atomic E-state index is 0.0328. The van der Waals surface area contributed by atoms with Gasteiger partial charge in [-0.05, 0) is 38.8 Å². The third kappa shape index (κ3) is 5.06. The first-order chi connectivity index (χ1) is 8.31. The van der Waals surface area contributed by atoms with Crippen LogP contribution in [0, 0.1) is 11.3 Å². The van der Waals surface area contributed by atoms with Gasteiger partial charge in [-0.2, -0.15) is 5.26 Å². The maximum atomic E-state index is 9.07. The van der Waals surface area contributed by atoms with Crippen LogP contribution in [-0.4, -0.2) is 36.6 Å². The Hall–Kier alpha value is -0.590. The average Bonchev–Trinajstić information content (AvgIpc) is 2.87. The summed E-state index contributed by atoms with van der Waals surface area (Å²) in [5.41, 5.74) is 0. The summed E-state index contributed by atoms with van der Waals surface area (Å²) in [7, 11) is 0. The molecule has 0 aliphatic heterocycles. The predicted octanol–water partition coefficient (Wildman–Crippen LogP) is 2.53. The maximum Gasteiger partial charge on any atom is 0.0965 e. The second-order valence-corrected chi connectivity index (χ2v) is 4.99. The van der Waals surface area contributed by atoms with Gasteiger partial charge in [-0.25, -0.2) is 0 Å². The molecule has 98 valence electrons. The smallest absolute Gasteiger partial charge is 0.0965 e. The lowest BCUT2D eigenvalue weighted by atomic mass is 10.1. The summed E-state index contributed by atoms with van der Waals surface area (Å²) in [6.45, 7) is 7.51. The largest absolute Gasteiger partial charge is 0.302 e. The molecular formula is C14H27N3. The predicted molar refractivity (Wildman–Crippen MR) is 71.8 cm³/mol. The van der Waals surface area contributed by atoms with E-state index in [1.807, 2.05) is 0 Å². The molecule has 1 fully saturated rings. The number of nitriles is 1. The summed E-state index contributed by atoms with van der Waals surface area (Å²) < 4.78 is 0. The summed E-state index contributed by atoms with van der Waals surface area (Å²) in [6, 6.07) is 3.18. The van der Waals surface area contributed by atoms with Crippen LogP contribution in [0.5, 0.6) is 0 Å². The highest BCUT2D eigenvalue weighted by Crippen LogP contribution is 2.23. The van der Waals surface area contributed by atoms with Crippen LogP contribution in [0.3, 0.4) is 0 Å². The number of hydrogen-bond acceptors (Lipinski definition) is 3. The molecule has 1 unspecified atom stereocenters. The lowest BCUT2D eigenvalue weighted by Crippen LogP contribution is -2.38. The zero-order valence-corrected chi connectivity index (χ0v) is 11.4. The molecule has 1 rings (SSSR count). The van der Waals surface area contributed by atoms with Gasteiger partial charge in [-0.15, -0.1) is 0 Å². The highest BCUT2D eigenvalue weighted by molar-refractivity contribution is 4.90. The van der Waals surface area contributed by atoms with Gasteiger partial charge in [0.15, 0.2) is 0 Å². The number of hydrogen-bond donors (Lipinski definition) is 1. The monoisotopic (exact) mass is 237 g/mol. The molecule has 3 nitrogen and oxygen atoms in total. The molecule has 0 saturated heterocycles. The van der Waals surface area contributed by atoms with E-state index in [1.54, 1.807) is 0 Å². The summed E-state index contributed by atoms with van der Waals surface area (Å²) in [6.07, 6.45) is 7.54. The van der Waals surface area contributed by atoms with Crippen molar-refractivity contribution in [3.63, 3.8) is 0 Å². The molecule has 3 heteroatoms. The van der Waals surface area contributed by atoms with E-state index in [4.69, 9.17) is 5.26 Å². The minimum atomic E-state index is 0.0328. The van der Waals surface area contributed by atoms with Crippen molar-refractivity contribution in [2.24, 2.45) is 0 Å². The van der Waals surface area contributed by atoms with E-state index in [-0.39, 0.29) is 6.04 Å². The molecule has 1 aliphatic rings. The van der Waals surface area contributed by atoms with Gasteiger partial charge in [0, 0.05) is 12.6 Å². The van der Waals surface area contributed by atoms with Crippen LogP contribution in [-0.2, 0) is 0 Å². The molecule has 0 bridgehead atoms. The molecule has 1 aliphatic carbocycles. The fraction of sp³-hybridized carbons (Fsp3) is 0.929. The van der Waals surface area contributed by atoms with E-state index in [9.17, 15) is 0 Å². The summed E-state index contributed by atoms with van der Waals surface area (Å²) >= 11 is 0. The van der Waals surface area contributed by atoms with Gasteiger partial charge in [0.1, 0.15) is 0 Å². The summed E-state index contributed by atoms with van der Waals surface area (Å²) in [5.74, 6) is 0. The topological polar surface area (TPSA) is 39.1 Å². The normalized spacial score (nSPS) is 18.5. The Kier molecular flexibility index (Phi) is 7.23. The molecule has 0 spiro atoms. The van der Waals surface area contributed by atoms with E-state index in [0.29, 0.717) is 0 Å². The Balaban J connectivity index is 2.27. The van der Waals surface area contributed by atoms with Gasteiger partial charge in [-0.3, -0.25) is 0 Å². The Bertz CT molecular complexity index is 228. The van der Waals surface area contributed by atoms with E-state index >= 15 is 0 Å². The maximum absolute atomic E-state index is 9.07. The SMILES string of the molecule is CCCNC(C#N)CCN(CC)C1CCCC1. The molecule has 1 saturated carbocycles. The van der Waals surface area contributed by atoms with Gasteiger partial charge in [-0.1, -0.05) is 26.7 Å². The standard InChI is InChI=1S/C14H27N3/c1-3-10-16-13(12-15)9-11-17(4-2)14-7-5-6-8-14/h13-14,16H,3-11H2,1-2H3. The second-order valence-electron chi connectivity index (χ2n) is 4.99. The number of nitrogens with zero attached hydrogens (tertiary/aromatic N) is 2. The molecule has 0 aromatic heterocycles. The van der Waals surface area contributed by atoms with Crippen LogP contribution in [0.2, 0.25) is 0 Å². The fourth-order valence-electron chi connectivity index (χ4n) is 2.69. The van der Waals surface area contributed by atoms with Crippen molar-refractivity contribution >= 4 is 0 Å². The van der Waals surface area contributed by atoms with Crippen molar-refractivity contribution in [3.8, 4) is 6.07 Å². The van der Waals surface area contributed by atoms with Crippen LogP contribution in [0.4, 0.5) is 0 Å². The lowest BCUT2D eigenvalue weighted by Gasteiger charge is -2.28. The zero-order chi connectivity index (χ0) is 12.5. The molecule has 0 radical (unpaired) electrons. The van der Waals surface area contributed by atoms with E-state index in [2.05, 4.69) is 30.1 Å². The molecule has 1 atom stereocenters. The molecular weight excluding hydrogens is 210 g/mol. The van der Waals surface area contributed by atoms with Crippen molar-refractivity contribution in [3.05, 3.63) is 0 Å². The molecule has 17 heavy (non-hydrogen) atoms. The van der Waals surface area contributed by atoms with Crippen LogP contribution in [0.15, 0.2) is 0 Å². The van der Waals surface area contributed by atoms with Crippen LogP contribution >= 0.6 is 0 Å². The van der Waals surface area contributed by atoms with Crippen LogP contribution < -0.4 is 5.32 Å². The third-order valence-corrected chi connectivity index (χ3v) is 3.75. The fourth-order valence-corrected chi connectivity index (χ4v) is 2.69. The second kappa shape index (κ2) is 8.49. The van der Waals surface area contributed by atoms with Crippen LogP contribution in [0.25, 0.3) is 0 Å². The van der Waals surface area contributed by atoms with E-state index in [1.165, 1.54) is 25.7 Å². The average molecular weight is 237 g/mol. The first-order valence-electron chi connectivity index (χ1n) is 7.18. The summed E-state index contributed by atoms with van der Waals surface area (Å²) in [4.78, 5) is 2.56. The molecule has 0 heterocycles. The van der Waals surface area contributed by atoms with Gasteiger partial charge in [0.25, 0.3) is 0 Å². The van der Waals surface area contributed by atoms with Gasteiger partial charge < -0.3 is 10.2 Å². The van der Waals surface area contributed by atoms with Gasteiger partial charge in [0.2, 0.25) is 0 Å². The van der Waals surface area contributed by atoms with Crippen molar-refractivity contribution in [1.82, 2.24) is 10.2 Å².